The monoisotopic (exact) mass is 333 g/mol. The first-order valence-corrected chi connectivity index (χ1v) is 12.5. The fourth-order valence-electron chi connectivity index (χ4n) is 2.24. The molecule has 1 aromatic heterocycles. The van der Waals surface area contributed by atoms with E-state index in [1.807, 2.05) is 18.2 Å². The molecule has 1 heterocycles. The minimum atomic E-state index is -1.46. The molecule has 0 aliphatic rings. The zero-order valence-electron chi connectivity index (χ0n) is 12.8. The maximum absolute atomic E-state index is 8.95. The van der Waals surface area contributed by atoms with Gasteiger partial charge in [0.05, 0.1) is 0 Å². The summed E-state index contributed by atoms with van der Waals surface area (Å²) in [5.74, 6) is 7.12. The molecule has 0 unspecified atom stereocenters. The Bertz CT molecular complexity index is 691. The molecule has 2 rings (SSSR count). The molecule has 1 aromatic carbocycles. The first kappa shape index (κ1) is 14.8. The quantitative estimate of drug-likeness (QED) is 0.614. The third-order valence-electron chi connectivity index (χ3n) is 3.44. The standard InChI is InChI=1S/C17H21N2Se/c1-13-10-14(11-18)6-8-16(13)17-9-7-15(12-19(17)2)20(3,4)5/h6-10,12H,1-5H3/q+1. The number of rotatable bonds is 2. The van der Waals surface area contributed by atoms with Crippen molar-refractivity contribution in [3.8, 4) is 17.3 Å². The number of hydrogen-bond acceptors (Lipinski definition) is 1. The van der Waals surface area contributed by atoms with Crippen LogP contribution in [0.5, 0.6) is 0 Å². The van der Waals surface area contributed by atoms with Gasteiger partial charge in [-0.25, -0.2) is 0 Å². The molecule has 2 nitrogen and oxygen atoms in total. The summed E-state index contributed by atoms with van der Waals surface area (Å²) in [6.07, 6.45) is 2.26. The average molecular weight is 332 g/mol. The number of aryl methyl sites for hydroxylation is 2. The van der Waals surface area contributed by atoms with E-state index in [0.29, 0.717) is 5.56 Å². The number of benzene rings is 1. The van der Waals surface area contributed by atoms with Gasteiger partial charge in [-0.05, 0) is 0 Å². The van der Waals surface area contributed by atoms with Crippen LogP contribution in [0, 0.1) is 18.3 Å². The molecule has 0 fully saturated rings. The second kappa shape index (κ2) is 5.40. The predicted molar refractivity (Wildman–Crippen MR) is 85.5 cm³/mol. The van der Waals surface area contributed by atoms with Crippen molar-refractivity contribution in [1.29, 1.82) is 5.26 Å². The molecule has 3 heteroatoms. The number of pyridine rings is 1. The fraction of sp³-hybridized carbons (Fsp3) is 0.294. The number of nitriles is 1. The zero-order chi connectivity index (χ0) is 14.9. The Labute approximate surface area is 123 Å². The zero-order valence-corrected chi connectivity index (χ0v) is 14.5. The van der Waals surface area contributed by atoms with Gasteiger partial charge in [0.2, 0.25) is 0 Å². The van der Waals surface area contributed by atoms with Crippen LogP contribution in [0.1, 0.15) is 11.1 Å². The number of hydrogen-bond donors (Lipinski definition) is 0. The van der Waals surface area contributed by atoms with Crippen molar-refractivity contribution in [3.63, 3.8) is 0 Å². The number of aromatic nitrogens is 1. The molecule has 104 valence electrons. The second-order valence-electron chi connectivity index (χ2n) is 5.84. The number of nitrogens with zero attached hydrogens (tertiary/aromatic N) is 2. The third kappa shape index (κ3) is 2.93. The van der Waals surface area contributed by atoms with Crippen LogP contribution >= 0.6 is 0 Å². The molecular formula is C17H21N2Se+. The second-order valence-corrected chi connectivity index (χ2v) is 14.5. The minimum absolute atomic E-state index is 0.716. The van der Waals surface area contributed by atoms with Gasteiger partial charge in [0.15, 0.2) is 0 Å². The normalized spacial score (nSPS) is 12.0. The summed E-state index contributed by atoms with van der Waals surface area (Å²) in [6, 6.07) is 12.5. The van der Waals surface area contributed by atoms with E-state index in [0.717, 1.165) is 5.56 Å². The van der Waals surface area contributed by atoms with Crippen molar-refractivity contribution in [2.75, 3.05) is 0 Å². The predicted octanol–water partition coefficient (Wildman–Crippen LogP) is 2.90. The van der Waals surface area contributed by atoms with E-state index in [4.69, 9.17) is 5.26 Å². The van der Waals surface area contributed by atoms with E-state index in [9.17, 15) is 0 Å². The van der Waals surface area contributed by atoms with Gasteiger partial charge in [0.25, 0.3) is 0 Å². The summed E-state index contributed by atoms with van der Waals surface area (Å²) >= 11 is -1.46. The molecule has 2 aromatic rings. The van der Waals surface area contributed by atoms with Crippen molar-refractivity contribution >= 4 is 17.3 Å². The van der Waals surface area contributed by atoms with E-state index in [2.05, 4.69) is 60.4 Å². The van der Waals surface area contributed by atoms with Crippen molar-refractivity contribution in [2.24, 2.45) is 7.05 Å². The van der Waals surface area contributed by atoms with Gasteiger partial charge in [-0.3, -0.25) is 0 Å². The van der Waals surface area contributed by atoms with Gasteiger partial charge in [0.1, 0.15) is 0 Å². The van der Waals surface area contributed by atoms with Crippen LogP contribution in [0.4, 0.5) is 0 Å². The van der Waals surface area contributed by atoms with Gasteiger partial charge in [-0.1, -0.05) is 0 Å². The van der Waals surface area contributed by atoms with E-state index in [-0.39, 0.29) is 0 Å². The Morgan fingerprint density at radius 3 is 2.30 bits per heavy atom. The molecule has 0 aliphatic heterocycles. The Morgan fingerprint density at radius 1 is 1.10 bits per heavy atom. The first-order valence-electron chi connectivity index (χ1n) is 6.52. The van der Waals surface area contributed by atoms with Crippen LogP contribution in [0.15, 0.2) is 36.5 Å². The summed E-state index contributed by atoms with van der Waals surface area (Å²) in [4.78, 5) is 0. The molecule has 0 N–H and O–H groups in total. The van der Waals surface area contributed by atoms with Crippen LogP contribution in [0.25, 0.3) is 11.3 Å². The molecular weight excluding hydrogens is 311 g/mol. The van der Waals surface area contributed by atoms with E-state index >= 15 is 0 Å². The summed E-state index contributed by atoms with van der Waals surface area (Å²) in [5, 5.41) is 8.95. The Morgan fingerprint density at radius 2 is 1.80 bits per heavy atom. The summed E-state index contributed by atoms with van der Waals surface area (Å²) in [6.45, 7) is 2.06. The fourth-order valence-corrected chi connectivity index (χ4v) is 4.24. The van der Waals surface area contributed by atoms with Gasteiger partial charge in [-0.15, -0.1) is 0 Å². The van der Waals surface area contributed by atoms with Crippen molar-refractivity contribution in [2.45, 2.75) is 24.4 Å². The molecule has 0 aliphatic carbocycles. The maximum atomic E-state index is 8.95. The summed E-state index contributed by atoms with van der Waals surface area (Å²) in [7, 11) is 2.10. The third-order valence-corrected chi connectivity index (χ3v) is 6.92. The Kier molecular flexibility index (Phi) is 3.99. The van der Waals surface area contributed by atoms with Crippen LogP contribution in [-0.4, -0.2) is 12.8 Å². The topological polar surface area (TPSA) is 27.7 Å². The van der Waals surface area contributed by atoms with E-state index in [1.165, 1.54) is 15.7 Å². The van der Waals surface area contributed by atoms with Crippen LogP contribution in [0.2, 0.25) is 17.5 Å². The molecule has 0 bridgehead atoms. The molecule has 0 saturated heterocycles. The summed E-state index contributed by atoms with van der Waals surface area (Å²) < 4.78 is 3.67. The van der Waals surface area contributed by atoms with Gasteiger partial charge < -0.3 is 0 Å². The van der Waals surface area contributed by atoms with E-state index < -0.39 is 12.8 Å². The molecule has 0 spiro atoms. The average Bonchev–Trinajstić information content (AvgIpc) is 2.38. The van der Waals surface area contributed by atoms with Gasteiger partial charge in [0, 0.05) is 0 Å². The first-order chi connectivity index (χ1) is 9.32. The molecule has 20 heavy (non-hydrogen) atoms. The van der Waals surface area contributed by atoms with Crippen molar-refractivity contribution in [3.05, 3.63) is 47.7 Å². The van der Waals surface area contributed by atoms with Crippen LogP contribution < -0.4 is 9.03 Å². The van der Waals surface area contributed by atoms with Gasteiger partial charge in [-0.2, -0.15) is 0 Å². The van der Waals surface area contributed by atoms with Crippen molar-refractivity contribution in [1.82, 2.24) is 0 Å². The van der Waals surface area contributed by atoms with Crippen LogP contribution in [0.3, 0.4) is 0 Å². The van der Waals surface area contributed by atoms with Crippen molar-refractivity contribution < 1.29 is 4.57 Å². The van der Waals surface area contributed by atoms with Gasteiger partial charge >= 0.3 is 124 Å². The van der Waals surface area contributed by atoms with E-state index in [1.54, 1.807) is 0 Å². The SMILES string of the molecule is Cc1cc(C#N)ccc1-c1ccc([Se](C)(C)C)c[n+]1C. The Balaban J connectivity index is 2.52. The Hall–Kier alpha value is -1.62. The summed E-state index contributed by atoms with van der Waals surface area (Å²) in [5.41, 5.74) is 4.24. The molecule has 0 radical (unpaired) electrons. The molecule has 0 saturated carbocycles. The van der Waals surface area contributed by atoms with Crippen LogP contribution in [-0.2, 0) is 7.05 Å². The molecule has 0 amide bonds. The molecule has 0 atom stereocenters.